The van der Waals surface area contributed by atoms with E-state index >= 15 is 0 Å². The number of aromatic hydroxyl groups is 2. The lowest BCUT2D eigenvalue weighted by atomic mass is 9.93. The summed E-state index contributed by atoms with van der Waals surface area (Å²) < 4.78 is 1.37. The first kappa shape index (κ1) is 29.3. The van der Waals surface area contributed by atoms with Crippen molar-refractivity contribution in [2.75, 3.05) is 5.32 Å². The lowest BCUT2D eigenvalue weighted by Crippen LogP contribution is -2.47. The molecule has 1 unspecified atom stereocenters. The summed E-state index contributed by atoms with van der Waals surface area (Å²) in [6, 6.07) is 18.4. The lowest BCUT2D eigenvalue weighted by Gasteiger charge is -2.17. The Morgan fingerprint density at radius 3 is 1.85 bits per heavy atom. The molecule has 1 atom stereocenters. The molecule has 0 aromatic heterocycles. The molecule has 0 bridgehead atoms. The van der Waals surface area contributed by atoms with Gasteiger partial charge in [-0.1, -0.05) is 36.4 Å². The third-order valence-corrected chi connectivity index (χ3v) is 7.49. The standard InChI is InChI=1S/C27H21BBr3N5O4/c28-19-7-14(8-20(29)24(19)37)12-32-35-26(39)23(34-18-6-5-16-3-1-2-4-17(16)11-18)27(40)36-33-13-15-9-21(30)25(38)22(31)10-15/h1-13,23,34,37-38H,28H2,(H,35,39)(H,36,40)/b32-12+,33-13+. The Morgan fingerprint density at radius 2 is 1.27 bits per heavy atom. The summed E-state index contributed by atoms with van der Waals surface area (Å²) in [6.07, 6.45) is 2.78. The van der Waals surface area contributed by atoms with Gasteiger partial charge in [0.25, 0.3) is 11.8 Å². The lowest BCUT2D eigenvalue weighted by molar-refractivity contribution is -0.130. The van der Waals surface area contributed by atoms with Crippen LogP contribution in [0.4, 0.5) is 5.69 Å². The van der Waals surface area contributed by atoms with Crippen LogP contribution in [0.25, 0.3) is 10.8 Å². The number of carbonyl (C=O) groups excluding carboxylic acids is 2. The van der Waals surface area contributed by atoms with Crippen molar-refractivity contribution >= 4 is 102 Å². The van der Waals surface area contributed by atoms with Crippen molar-refractivity contribution < 1.29 is 19.8 Å². The Balaban J connectivity index is 1.53. The van der Waals surface area contributed by atoms with E-state index in [9.17, 15) is 19.8 Å². The highest BCUT2D eigenvalue weighted by atomic mass is 79.9. The molecule has 4 rings (SSSR count). The Labute approximate surface area is 255 Å². The molecule has 4 aromatic rings. The molecule has 0 fully saturated rings. The molecule has 0 heterocycles. The molecule has 0 saturated heterocycles. The maximum Gasteiger partial charge on any atom is 0.272 e. The van der Waals surface area contributed by atoms with Crippen molar-refractivity contribution in [2.24, 2.45) is 10.2 Å². The SMILES string of the molecule is Bc1cc(/C=N/NC(=O)C(Nc2ccc3ccccc3c2)C(=O)N/N=C/c2cc(Br)c(O)c(Br)c2)cc(Br)c1O. The molecule has 0 aliphatic heterocycles. The molecule has 0 spiro atoms. The van der Waals surface area contributed by atoms with Crippen molar-refractivity contribution in [1.82, 2.24) is 10.9 Å². The van der Waals surface area contributed by atoms with Gasteiger partial charge in [-0.15, -0.1) is 0 Å². The van der Waals surface area contributed by atoms with Crippen LogP contribution in [0.2, 0.25) is 0 Å². The van der Waals surface area contributed by atoms with E-state index < -0.39 is 17.9 Å². The zero-order valence-corrected chi connectivity index (χ0v) is 25.6. The first-order valence-corrected chi connectivity index (χ1v) is 14.1. The van der Waals surface area contributed by atoms with Crippen LogP contribution in [-0.4, -0.2) is 48.3 Å². The van der Waals surface area contributed by atoms with Gasteiger partial charge in [0.15, 0.2) is 6.04 Å². The van der Waals surface area contributed by atoms with Crippen molar-refractivity contribution in [2.45, 2.75) is 6.04 Å². The van der Waals surface area contributed by atoms with Gasteiger partial charge in [-0.3, -0.25) is 9.59 Å². The molecule has 13 heteroatoms. The number of hydrogen-bond acceptors (Lipinski definition) is 7. The van der Waals surface area contributed by atoms with Gasteiger partial charge in [0.1, 0.15) is 19.3 Å². The number of phenolic OH excluding ortho intramolecular Hbond substituents is 2. The molecule has 4 aromatic carbocycles. The van der Waals surface area contributed by atoms with Gasteiger partial charge in [-0.25, -0.2) is 10.9 Å². The minimum atomic E-state index is -1.39. The van der Waals surface area contributed by atoms with Crippen LogP contribution in [0.3, 0.4) is 0 Å². The molecule has 202 valence electrons. The van der Waals surface area contributed by atoms with Gasteiger partial charge in [0, 0.05) is 5.69 Å². The molecular weight excluding hydrogens is 709 g/mol. The summed E-state index contributed by atoms with van der Waals surface area (Å²) in [5, 5.41) is 32.7. The van der Waals surface area contributed by atoms with Crippen LogP contribution in [0.5, 0.6) is 11.5 Å². The van der Waals surface area contributed by atoms with E-state index in [1.807, 2.05) is 36.4 Å². The van der Waals surface area contributed by atoms with Gasteiger partial charge in [-0.2, -0.15) is 10.2 Å². The van der Waals surface area contributed by atoms with Gasteiger partial charge in [0.2, 0.25) is 0 Å². The number of hydrazone groups is 2. The number of fused-ring (bicyclic) bond motifs is 1. The molecular formula is C27H21BBr3N5O4. The van der Waals surface area contributed by atoms with E-state index in [4.69, 9.17) is 0 Å². The average molecular weight is 730 g/mol. The molecule has 0 saturated carbocycles. The molecule has 5 N–H and O–H groups in total. The number of rotatable bonds is 8. The number of phenols is 2. The fourth-order valence-electron chi connectivity index (χ4n) is 3.66. The Kier molecular flexibility index (Phi) is 9.61. The molecule has 0 radical (unpaired) electrons. The number of benzene rings is 4. The maximum absolute atomic E-state index is 13.1. The second-order valence-corrected chi connectivity index (χ2v) is 11.2. The Bertz CT molecular complexity index is 1540. The van der Waals surface area contributed by atoms with Crippen molar-refractivity contribution in [3.05, 3.63) is 91.3 Å². The smallest absolute Gasteiger partial charge is 0.272 e. The summed E-state index contributed by atoms with van der Waals surface area (Å²) in [6.45, 7) is 0. The summed E-state index contributed by atoms with van der Waals surface area (Å²) in [4.78, 5) is 26.2. The van der Waals surface area contributed by atoms with Gasteiger partial charge in [-0.05, 0) is 105 Å². The minimum Gasteiger partial charge on any atom is -0.507 e. The fourth-order valence-corrected chi connectivity index (χ4v) is 5.46. The van der Waals surface area contributed by atoms with Crippen LogP contribution in [0.15, 0.2) is 90.4 Å². The number of nitrogens with zero attached hydrogens (tertiary/aromatic N) is 2. The zero-order valence-electron chi connectivity index (χ0n) is 20.8. The largest absolute Gasteiger partial charge is 0.507 e. The third kappa shape index (κ3) is 7.29. The van der Waals surface area contributed by atoms with Crippen LogP contribution < -0.4 is 21.6 Å². The Morgan fingerprint density at radius 1 is 0.750 bits per heavy atom. The number of halogens is 3. The van der Waals surface area contributed by atoms with Gasteiger partial charge >= 0.3 is 0 Å². The highest BCUT2D eigenvalue weighted by Gasteiger charge is 2.26. The summed E-state index contributed by atoms with van der Waals surface area (Å²) >= 11 is 9.77. The van der Waals surface area contributed by atoms with E-state index in [0.717, 1.165) is 10.8 Å². The normalized spacial score (nSPS) is 12.1. The molecule has 9 nitrogen and oxygen atoms in total. The van der Waals surface area contributed by atoms with E-state index in [-0.39, 0.29) is 11.5 Å². The molecule has 0 aliphatic rings. The Hall–Kier alpha value is -3.68. The van der Waals surface area contributed by atoms with E-state index in [1.54, 1.807) is 38.2 Å². The fraction of sp³-hybridized carbons (Fsp3) is 0.0370. The highest BCUT2D eigenvalue weighted by Crippen LogP contribution is 2.32. The number of hydrogen-bond donors (Lipinski definition) is 5. The van der Waals surface area contributed by atoms with E-state index in [1.165, 1.54) is 12.4 Å². The summed E-state index contributed by atoms with van der Waals surface area (Å²) in [7, 11) is 1.74. The predicted octanol–water partition coefficient (Wildman–Crippen LogP) is 3.88. The maximum atomic E-state index is 13.1. The van der Waals surface area contributed by atoms with Gasteiger partial charge < -0.3 is 15.5 Å². The van der Waals surface area contributed by atoms with Crippen molar-refractivity contribution in [3.8, 4) is 11.5 Å². The number of amides is 2. The average Bonchev–Trinajstić information content (AvgIpc) is 2.93. The third-order valence-electron chi connectivity index (χ3n) is 5.68. The van der Waals surface area contributed by atoms with Crippen LogP contribution >= 0.6 is 47.8 Å². The number of anilines is 1. The van der Waals surface area contributed by atoms with E-state index in [0.29, 0.717) is 35.7 Å². The van der Waals surface area contributed by atoms with Crippen LogP contribution in [0, 0.1) is 0 Å². The second-order valence-electron chi connectivity index (χ2n) is 8.61. The van der Waals surface area contributed by atoms with Gasteiger partial charge in [0.05, 0.1) is 25.8 Å². The van der Waals surface area contributed by atoms with Crippen molar-refractivity contribution in [3.63, 3.8) is 0 Å². The quantitative estimate of drug-likeness (QED) is 0.0813. The second kappa shape index (κ2) is 13.1. The molecule has 40 heavy (non-hydrogen) atoms. The highest BCUT2D eigenvalue weighted by molar-refractivity contribution is 9.11. The monoisotopic (exact) mass is 727 g/mol. The molecule has 0 aliphatic carbocycles. The van der Waals surface area contributed by atoms with Crippen LogP contribution in [0.1, 0.15) is 11.1 Å². The first-order chi connectivity index (χ1) is 19.1. The first-order valence-electron chi connectivity index (χ1n) is 11.7. The molecule has 2 amide bonds. The predicted molar refractivity (Wildman–Crippen MR) is 170 cm³/mol. The van der Waals surface area contributed by atoms with E-state index in [2.05, 4.69) is 74.2 Å². The summed E-state index contributed by atoms with van der Waals surface area (Å²) in [5.74, 6) is -1.29. The minimum absolute atomic E-state index is 0.0351. The number of nitrogens with one attached hydrogen (secondary N) is 3. The van der Waals surface area contributed by atoms with Crippen LogP contribution in [-0.2, 0) is 9.59 Å². The zero-order chi connectivity index (χ0) is 28.8. The topological polar surface area (TPSA) is 135 Å². The number of carbonyl (C=O) groups is 2. The summed E-state index contributed by atoms with van der Waals surface area (Å²) in [5.41, 5.74) is 7.16. The van der Waals surface area contributed by atoms with Crippen molar-refractivity contribution in [1.29, 1.82) is 0 Å².